The molecule has 3 amide bonds. The van der Waals surface area contributed by atoms with Crippen molar-refractivity contribution in [3.8, 4) is 0 Å². The fourth-order valence-electron chi connectivity index (χ4n) is 6.70. The zero-order chi connectivity index (χ0) is 26.2. The number of carbonyl (C=O) groups is 3. The van der Waals surface area contributed by atoms with Crippen LogP contribution in [0.2, 0.25) is 0 Å². The van der Waals surface area contributed by atoms with Crippen molar-refractivity contribution in [3.05, 3.63) is 60.2 Å². The maximum atomic E-state index is 14.3. The van der Waals surface area contributed by atoms with Crippen molar-refractivity contribution >= 4 is 17.7 Å². The summed E-state index contributed by atoms with van der Waals surface area (Å²) >= 11 is 0. The van der Waals surface area contributed by atoms with Crippen LogP contribution in [-0.4, -0.2) is 87.6 Å². The first kappa shape index (κ1) is 25.7. The number of nitrogens with zero attached hydrogens (tertiary/aromatic N) is 3. The van der Waals surface area contributed by atoms with Gasteiger partial charge in [-0.3, -0.25) is 14.4 Å². The van der Waals surface area contributed by atoms with Gasteiger partial charge >= 0.3 is 0 Å². The largest absolute Gasteiger partial charge is 0.395 e. The van der Waals surface area contributed by atoms with E-state index in [1.165, 1.54) is 4.90 Å². The third kappa shape index (κ3) is 4.01. The van der Waals surface area contributed by atoms with Gasteiger partial charge in [-0.2, -0.15) is 0 Å². The molecule has 0 aromatic heterocycles. The molecule has 0 saturated carbocycles. The van der Waals surface area contributed by atoms with E-state index in [1.54, 1.807) is 9.80 Å². The van der Waals surface area contributed by atoms with Gasteiger partial charge in [-0.25, -0.2) is 0 Å². The van der Waals surface area contributed by atoms with Gasteiger partial charge < -0.3 is 24.5 Å². The number of hydrogen-bond donors (Lipinski definition) is 1. The number of hydrogen-bond acceptors (Lipinski definition) is 5. The minimum Gasteiger partial charge on any atom is -0.395 e. The van der Waals surface area contributed by atoms with Gasteiger partial charge in [0, 0.05) is 32.7 Å². The van der Waals surface area contributed by atoms with E-state index >= 15 is 0 Å². The standard InChI is InChI=1S/C29H37N3O5/c1-3-5-15-30-16-10-14-29-23(26(35)32(18-19-33)24(29)27(30)36)22-25(34)31(20-21-11-7-6-8-12-21)17-9-13-28(22,4-2)37-29/h6-14,22-24,33H,3-5,15-20H2,1-2H3/t22-,23-,24?,28+,29-/m0/s1. The monoisotopic (exact) mass is 507 g/mol. The Balaban J connectivity index is 1.58. The van der Waals surface area contributed by atoms with Crippen LogP contribution in [0.15, 0.2) is 54.6 Å². The molecule has 4 aliphatic heterocycles. The summed E-state index contributed by atoms with van der Waals surface area (Å²) in [5.74, 6) is -2.22. The quantitative estimate of drug-likeness (QED) is 0.545. The Kier molecular flexibility index (Phi) is 6.98. The first-order chi connectivity index (χ1) is 17.9. The Hall–Kier alpha value is -2.97. The minimum absolute atomic E-state index is 0.0237. The highest BCUT2D eigenvalue weighted by atomic mass is 16.5. The fourth-order valence-corrected chi connectivity index (χ4v) is 6.70. The lowest BCUT2D eigenvalue weighted by Crippen LogP contribution is -2.56. The van der Waals surface area contributed by atoms with Crippen molar-refractivity contribution in [2.75, 3.05) is 32.8 Å². The normalized spacial score (nSPS) is 32.9. The molecule has 5 atom stereocenters. The maximum Gasteiger partial charge on any atom is 0.249 e. The zero-order valence-corrected chi connectivity index (χ0v) is 21.7. The summed E-state index contributed by atoms with van der Waals surface area (Å²) in [6, 6.07) is 8.89. The topological polar surface area (TPSA) is 90.4 Å². The van der Waals surface area contributed by atoms with Crippen molar-refractivity contribution in [1.82, 2.24) is 14.7 Å². The SMILES string of the molecule is CCCCN1CC=C[C@]23O[C@]4(CC)C=CCN(Cc5ccccc5)C(=O)[C@@H]4[C@H]2C(=O)N(CCO)C3C1=O. The molecular weight excluding hydrogens is 470 g/mol. The minimum atomic E-state index is -1.26. The molecule has 198 valence electrons. The second-order valence-electron chi connectivity index (χ2n) is 10.5. The average molecular weight is 508 g/mol. The molecular formula is C29H37N3O5. The predicted octanol–water partition coefficient (Wildman–Crippen LogP) is 2.14. The second-order valence-corrected chi connectivity index (χ2v) is 10.5. The summed E-state index contributed by atoms with van der Waals surface area (Å²) in [4.78, 5) is 47.3. The maximum absolute atomic E-state index is 14.3. The Morgan fingerprint density at radius 1 is 0.919 bits per heavy atom. The molecule has 1 unspecified atom stereocenters. The summed E-state index contributed by atoms with van der Waals surface area (Å²) in [5.41, 5.74) is -1.24. The molecule has 37 heavy (non-hydrogen) atoms. The van der Waals surface area contributed by atoms with E-state index in [0.717, 1.165) is 18.4 Å². The number of ether oxygens (including phenoxy) is 1. The van der Waals surface area contributed by atoms with Gasteiger partial charge in [0.15, 0.2) is 0 Å². The number of rotatable bonds is 8. The number of benzene rings is 1. The van der Waals surface area contributed by atoms with Crippen LogP contribution in [-0.2, 0) is 25.7 Å². The number of aliphatic hydroxyl groups is 1. The Labute approximate surface area is 218 Å². The van der Waals surface area contributed by atoms with Crippen molar-refractivity contribution in [2.45, 2.75) is 56.9 Å². The number of aliphatic hydroxyl groups excluding tert-OH is 1. The molecule has 2 fully saturated rings. The molecule has 1 N–H and O–H groups in total. The van der Waals surface area contributed by atoms with Gasteiger partial charge in [0.05, 0.1) is 24.0 Å². The fraction of sp³-hybridized carbons (Fsp3) is 0.552. The highest BCUT2D eigenvalue weighted by molar-refractivity contribution is 6.00. The number of likely N-dealkylation sites (tertiary alicyclic amines) is 1. The third-order valence-electron chi connectivity index (χ3n) is 8.45. The van der Waals surface area contributed by atoms with Crippen molar-refractivity contribution in [1.29, 1.82) is 0 Å². The second kappa shape index (κ2) is 10.1. The molecule has 1 aromatic carbocycles. The van der Waals surface area contributed by atoms with E-state index in [4.69, 9.17) is 4.74 Å². The highest BCUT2D eigenvalue weighted by Crippen LogP contribution is 2.58. The Morgan fingerprint density at radius 3 is 2.35 bits per heavy atom. The van der Waals surface area contributed by atoms with Gasteiger partial charge in [0.1, 0.15) is 11.6 Å². The average Bonchev–Trinajstić information content (AvgIpc) is 3.19. The molecule has 1 spiro atoms. The van der Waals surface area contributed by atoms with Crippen molar-refractivity contribution in [3.63, 3.8) is 0 Å². The molecule has 5 rings (SSSR count). The number of unbranched alkanes of at least 4 members (excludes halogenated alkanes) is 1. The zero-order valence-electron chi connectivity index (χ0n) is 21.7. The lowest BCUT2D eigenvalue weighted by Gasteiger charge is -2.38. The van der Waals surface area contributed by atoms with Gasteiger partial charge in [-0.05, 0) is 18.4 Å². The number of fused-ring (bicyclic) bond motifs is 2. The van der Waals surface area contributed by atoms with Crippen LogP contribution in [0.25, 0.3) is 0 Å². The van der Waals surface area contributed by atoms with E-state index in [2.05, 4.69) is 6.92 Å². The van der Waals surface area contributed by atoms with Gasteiger partial charge in [-0.15, -0.1) is 0 Å². The summed E-state index contributed by atoms with van der Waals surface area (Å²) in [6.45, 7) is 5.67. The van der Waals surface area contributed by atoms with Crippen molar-refractivity contribution < 1.29 is 24.2 Å². The molecule has 8 heteroatoms. The van der Waals surface area contributed by atoms with E-state index in [9.17, 15) is 19.5 Å². The number of carbonyl (C=O) groups excluding carboxylic acids is 3. The first-order valence-corrected chi connectivity index (χ1v) is 13.5. The van der Waals surface area contributed by atoms with E-state index < -0.39 is 29.1 Å². The van der Waals surface area contributed by atoms with Gasteiger partial charge in [0.2, 0.25) is 17.7 Å². The van der Waals surface area contributed by atoms with Gasteiger partial charge in [-0.1, -0.05) is 74.9 Å². The van der Waals surface area contributed by atoms with Gasteiger partial charge in [0.25, 0.3) is 0 Å². The smallest absolute Gasteiger partial charge is 0.249 e. The molecule has 1 aromatic rings. The molecule has 0 bridgehead atoms. The molecule has 8 nitrogen and oxygen atoms in total. The van der Waals surface area contributed by atoms with Crippen LogP contribution in [0.4, 0.5) is 0 Å². The summed E-state index contributed by atoms with van der Waals surface area (Å²) in [6.07, 6.45) is 10.00. The van der Waals surface area contributed by atoms with E-state index in [0.29, 0.717) is 32.6 Å². The van der Waals surface area contributed by atoms with Crippen LogP contribution < -0.4 is 0 Å². The highest BCUT2D eigenvalue weighted by Gasteiger charge is 2.75. The number of amides is 3. The Bertz CT molecular complexity index is 1100. The van der Waals surface area contributed by atoms with Crippen molar-refractivity contribution in [2.24, 2.45) is 11.8 Å². The summed E-state index contributed by atoms with van der Waals surface area (Å²) < 4.78 is 6.90. The molecule has 0 radical (unpaired) electrons. The van der Waals surface area contributed by atoms with Crippen LogP contribution in [0.5, 0.6) is 0 Å². The molecule has 2 saturated heterocycles. The predicted molar refractivity (Wildman–Crippen MR) is 138 cm³/mol. The third-order valence-corrected chi connectivity index (χ3v) is 8.45. The lowest BCUT2D eigenvalue weighted by atomic mass is 9.73. The summed E-state index contributed by atoms with van der Waals surface area (Å²) in [5, 5.41) is 9.83. The number of β-amino-alcohol motifs (C(OH)–C–C–N with tert-alkyl or cyclic N) is 1. The van der Waals surface area contributed by atoms with Crippen LogP contribution in [0.1, 0.15) is 38.7 Å². The van der Waals surface area contributed by atoms with Crippen LogP contribution in [0, 0.1) is 11.8 Å². The van der Waals surface area contributed by atoms with E-state index in [-0.39, 0.29) is 30.9 Å². The Morgan fingerprint density at radius 2 is 1.65 bits per heavy atom. The first-order valence-electron chi connectivity index (χ1n) is 13.5. The molecule has 0 aliphatic carbocycles. The molecule has 4 heterocycles. The summed E-state index contributed by atoms with van der Waals surface area (Å²) in [7, 11) is 0. The molecule has 4 aliphatic rings. The van der Waals surface area contributed by atoms with Crippen LogP contribution >= 0.6 is 0 Å². The van der Waals surface area contributed by atoms with E-state index in [1.807, 2.05) is 61.6 Å². The lowest BCUT2D eigenvalue weighted by molar-refractivity contribution is -0.154. The van der Waals surface area contributed by atoms with Crippen LogP contribution in [0.3, 0.4) is 0 Å².